The first-order chi connectivity index (χ1) is 10.0. The van der Waals surface area contributed by atoms with Gasteiger partial charge in [0.2, 0.25) is 5.91 Å². The van der Waals surface area contributed by atoms with Gasteiger partial charge in [-0.15, -0.1) is 0 Å². The van der Waals surface area contributed by atoms with Gasteiger partial charge in [-0.2, -0.15) is 0 Å². The Labute approximate surface area is 121 Å². The summed E-state index contributed by atoms with van der Waals surface area (Å²) in [5.74, 6) is 0.849. The molecule has 0 spiro atoms. The van der Waals surface area contributed by atoms with E-state index >= 15 is 0 Å². The van der Waals surface area contributed by atoms with Gasteiger partial charge in [0.15, 0.2) is 0 Å². The number of hydrogen-bond donors (Lipinski definition) is 3. The number of para-hydroxylation sites is 2. The fourth-order valence-corrected chi connectivity index (χ4v) is 2.56. The third-order valence-electron chi connectivity index (χ3n) is 3.88. The van der Waals surface area contributed by atoms with Gasteiger partial charge in [-0.3, -0.25) is 15.0 Å². The van der Waals surface area contributed by atoms with E-state index < -0.39 is 6.03 Å². The SMILES string of the molecule is C[C@H](C(=O)NC(N)=O)N1CC(c2nc3ccccc3[nH]2)C1. The highest BCUT2D eigenvalue weighted by Gasteiger charge is 2.36. The first kappa shape index (κ1) is 13.6. The number of carbonyl (C=O) groups excluding carboxylic acids is 2. The molecule has 1 fully saturated rings. The number of nitrogens with zero attached hydrogens (tertiary/aromatic N) is 2. The number of fused-ring (bicyclic) bond motifs is 1. The number of primary amides is 1. The maximum absolute atomic E-state index is 11.7. The molecule has 2 heterocycles. The molecule has 1 aliphatic heterocycles. The number of H-pyrrole nitrogens is 1. The molecule has 1 saturated heterocycles. The van der Waals surface area contributed by atoms with Gasteiger partial charge in [0.25, 0.3) is 0 Å². The van der Waals surface area contributed by atoms with E-state index in [0.29, 0.717) is 0 Å². The number of hydrogen-bond acceptors (Lipinski definition) is 4. The smallest absolute Gasteiger partial charge is 0.318 e. The van der Waals surface area contributed by atoms with Crippen molar-refractivity contribution in [2.24, 2.45) is 5.73 Å². The normalized spacial score (nSPS) is 17.4. The first-order valence-corrected chi connectivity index (χ1v) is 6.83. The summed E-state index contributed by atoms with van der Waals surface area (Å²) >= 11 is 0. The Morgan fingerprint density at radius 1 is 1.43 bits per heavy atom. The van der Waals surface area contributed by atoms with Gasteiger partial charge in [-0.25, -0.2) is 9.78 Å². The number of amides is 3. The third-order valence-corrected chi connectivity index (χ3v) is 3.88. The molecule has 110 valence electrons. The summed E-state index contributed by atoms with van der Waals surface area (Å²) in [5.41, 5.74) is 6.92. The molecule has 0 saturated carbocycles. The fourth-order valence-electron chi connectivity index (χ4n) is 2.56. The summed E-state index contributed by atoms with van der Waals surface area (Å²) in [6.45, 7) is 3.22. The Morgan fingerprint density at radius 2 is 2.14 bits per heavy atom. The highest BCUT2D eigenvalue weighted by Crippen LogP contribution is 2.28. The molecule has 0 unspecified atom stereocenters. The van der Waals surface area contributed by atoms with E-state index in [2.05, 4.69) is 15.3 Å². The zero-order chi connectivity index (χ0) is 15.0. The quantitative estimate of drug-likeness (QED) is 0.766. The molecule has 3 amide bonds. The van der Waals surface area contributed by atoms with Crippen LogP contribution in [-0.2, 0) is 4.79 Å². The molecular weight excluding hydrogens is 270 g/mol. The summed E-state index contributed by atoms with van der Waals surface area (Å²) in [6.07, 6.45) is 0. The topological polar surface area (TPSA) is 104 Å². The maximum Gasteiger partial charge on any atom is 0.318 e. The van der Waals surface area contributed by atoms with Crippen LogP contribution in [0.5, 0.6) is 0 Å². The number of aromatic amines is 1. The highest BCUT2D eigenvalue weighted by atomic mass is 16.2. The standard InChI is InChI=1S/C14H17N5O2/c1-8(13(20)18-14(15)21)19-6-9(7-19)12-16-10-4-2-3-5-11(10)17-12/h2-5,8-9H,6-7H2,1H3,(H,16,17)(H3,15,18,20,21)/t8-/m1/s1. The number of nitrogens with one attached hydrogen (secondary N) is 2. The van der Waals surface area contributed by atoms with Crippen molar-refractivity contribution >= 4 is 23.0 Å². The lowest BCUT2D eigenvalue weighted by molar-refractivity contribution is -0.126. The Kier molecular flexibility index (Phi) is 3.34. The summed E-state index contributed by atoms with van der Waals surface area (Å²) in [5, 5.41) is 2.10. The van der Waals surface area contributed by atoms with Gasteiger partial charge in [0.05, 0.1) is 17.1 Å². The van der Waals surface area contributed by atoms with Gasteiger partial charge in [-0.1, -0.05) is 12.1 Å². The van der Waals surface area contributed by atoms with Gasteiger partial charge >= 0.3 is 6.03 Å². The molecule has 3 rings (SSSR count). The van der Waals surface area contributed by atoms with Crippen LogP contribution in [0, 0.1) is 0 Å². The average Bonchev–Trinajstić information content (AvgIpc) is 2.79. The summed E-state index contributed by atoms with van der Waals surface area (Å²) in [6, 6.07) is 6.68. The molecule has 7 heteroatoms. The summed E-state index contributed by atoms with van der Waals surface area (Å²) < 4.78 is 0. The molecule has 0 bridgehead atoms. The van der Waals surface area contributed by atoms with Crippen molar-refractivity contribution in [3.05, 3.63) is 30.1 Å². The van der Waals surface area contributed by atoms with Crippen LogP contribution < -0.4 is 11.1 Å². The van der Waals surface area contributed by atoms with E-state index in [1.807, 2.05) is 29.2 Å². The van der Waals surface area contributed by atoms with Gasteiger partial charge in [0, 0.05) is 19.0 Å². The minimum atomic E-state index is -0.818. The number of rotatable bonds is 3. The van der Waals surface area contributed by atoms with E-state index in [-0.39, 0.29) is 17.9 Å². The number of imide groups is 1. The number of nitrogens with two attached hydrogens (primary N) is 1. The fraction of sp³-hybridized carbons (Fsp3) is 0.357. The predicted molar refractivity (Wildman–Crippen MR) is 77.6 cm³/mol. The van der Waals surface area contributed by atoms with Crippen molar-refractivity contribution < 1.29 is 9.59 Å². The number of likely N-dealkylation sites (tertiary alicyclic amines) is 1. The number of imidazole rings is 1. The van der Waals surface area contributed by atoms with Gasteiger partial charge in [0.1, 0.15) is 5.82 Å². The van der Waals surface area contributed by atoms with Crippen molar-refractivity contribution in [3.8, 4) is 0 Å². The van der Waals surface area contributed by atoms with Crippen molar-refractivity contribution in [1.29, 1.82) is 0 Å². The van der Waals surface area contributed by atoms with E-state index in [9.17, 15) is 9.59 Å². The van der Waals surface area contributed by atoms with Crippen LogP contribution in [0.25, 0.3) is 11.0 Å². The molecule has 4 N–H and O–H groups in total. The number of urea groups is 1. The maximum atomic E-state index is 11.7. The molecule has 1 aliphatic rings. The lowest BCUT2D eigenvalue weighted by atomic mass is 9.97. The summed E-state index contributed by atoms with van der Waals surface area (Å²) in [4.78, 5) is 32.2. The van der Waals surface area contributed by atoms with E-state index in [0.717, 1.165) is 29.9 Å². The molecule has 1 atom stereocenters. The lowest BCUT2D eigenvalue weighted by Gasteiger charge is -2.41. The Bertz CT molecular complexity index is 656. The third kappa shape index (κ3) is 2.59. The van der Waals surface area contributed by atoms with Gasteiger partial charge < -0.3 is 10.7 Å². The number of aromatic nitrogens is 2. The molecular formula is C14H17N5O2. The molecule has 1 aromatic heterocycles. The minimum Gasteiger partial charge on any atom is -0.351 e. The van der Waals surface area contributed by atoms with E-state index in [1.54, 1.807) is 6.92 Å². The zero-order valence-corrected chi connectivity index (χ0v) is 11.7. The molecule has 7 nitrogen and oxygen atoms in total. The van der Waals surface area contributed by atoms with Crippen LogP contribution >= 0.6 is 0 Å². The second kappa shape index (κ2) is 5.17. The van der Waals surface area contributed by atoms with Crippen LogP contribution in [0.4, 0.5) is 4.79 Å². The van der Waals surface area contributed by atoms with Crippen LogP contribution in [0.15, 0.2) is 24.3 Å². The van der Waals surface area contributed by atoms with Crippen molar-refractivity contribution in [3.63, 3.8) is 0 Å². The lowest BCUT2D eigenvalue weighted by Crippen LogP contribution is -2.56. The Balaban J connectivity index is 1.62. The Morgan fingerprint density at radius 3 is 2.81 bits per heavy atom. The zero-order valence-electron chi connectivity index (χ0n) is 11.7. The molecule has 2 aromatic rings. The second-order valence-electron chi connectivity index (χ2n) is 5.32. The molecule has 1 aromatic carbocycles. The summed E-state index contributed by atoms with van der Waals surface area (Å²) in [7, 11) is 0. The largest absolute Gasteiger partial charge is 0.351 e. The van der Waals surface area contributed by atoms with Crippen molar-refractivity contribution in [2.45, 2.75) is 18.9 Å². The minimum absolute atomic E-state index is 0.279. The monoisotopic (exact) mass is 287 g/mol. The second-order valence-corrected chi connectivity index (χ2v) is 5.32. The van der Waals surface area contributed by atoms with Crippen LogP contribution in [0.3, 0.4) is 0 Å². The Hall–Kier alpha value is -2.41. The van der Waals surface area contributed by atoms with Crippen LogP contribution in [0.1, 0.15) is 18.7 Å². The highest BCUT2D eigenvalue weighted by molar-refractivity contribution is 5.96. The van der Waals surface area contributed by atoms with Crippen LogP contribution in [0.2, 0.25) is 0 Å². The first-order valence-electron chi connectivity index (χ1n) is 6.83. The number of benzene rings is 1. The molecule has 21 heavy (non-hydrogen) atoms. The van der Waals surface area contributed by atoms with Crippen LogP contribution in [-0.4, -0.2) is 45.9 Å². The van der Waals surface area contributed by atoms with Crippen molar-refractivity contribution in [1.82, 2.24) is 20.2 Å². The van der Waals surface area contributed by atoms with E-state index in [1.165, 1.54) is 0 Å². The number of carbonyl (C=O) groups is 2. The van der Waals surface area contributed by atoms with Crippen molar-refractivity contribution in [2.75, 3.05) is 13.1 Å². The van der Waals surface area contributed by atoms with Gasteiger partial charge in [-0.05, 0) is 19.1 Å². The average molecular weight is 287 g/mol. The molecule has 0 aliphatic carbocycles. The predicted octanol–water partition coefficient (Wildman–Crippen LogP) is 0.545. The van der Waals surface area contributed by atoms with E-state index in [4.69, 9.17) is 5.73 Å². The molecule has 0 radical (unpaired) electrons.